The van der Waals surface area contributed by atoms with Gasteiger partial charge in [0.25, 0.3) is 0 Å². The summed E-state index contributed by atoms with van der Waals surface area (Å²) in [5.41, 5.74) is 2.09. The fraction of sp³-hybridized carbons (Fsp3) is 0.684. The van der Waals surface area contributed by atoms with Crippen LogP contribution >= 0.6 is 0 Å². The first-order valence-corrected chi connectivity index (χ1v) is 17.3. The smallest absolute Gasteiger partial charge is 0.187 e. The third-order valence-electron chi connectivity index (χ3n) is 7.92. The lowest BCUT2D eigenvalue weighted by molar-refractivity contribution is -0.254. The molecule has 0 aliphatic heterocycles. The van der Waals surface area contributed by atoms with Crippen molar-refractivity contribution < 1.29 is 14.2 Å². The van der Waals surface area contributed by atoms with Gasteiger partial charge in [-0.3, -0.25) is 0 Å². The van der Waals surface area contributed by atoms with Crippen molar-refractivity contribution in [2.24, 2.45) is 0 Å². The Morgan fingerprint density at radius 3 is 1.00 bits per heavy atom. The number of unbranched alkanes of at least 4 members (excludes halogenated alkanes) is 18. The molecule has 2 aromatic carbocycles. The van der Waals surface area contributed by atoms with Gasteiger partial charge in [0.1, 0.15) is 0 Å². The first-order valence-electron chi connectivity index (χ1n) is 17.3. The molecule has 0 radical (unpaired) electrons. The number of rotatable bonds is 28. The normalized spacial score (nSPS) is 12.9. The maximum atomic E-state index is 6.56. The van der Waals surface area contributed by atoms with Crippen LogP contribution in [0.5, 0.6) is 0 Å². The lowest BCUT2D eigenvalue weighted by Gasteiger charge is -2.26. The Bertz CT molecular complexity index is 726. The minimum atomic E-state index is -0.437. The number of ether oxygens (including phenoxy) is 3. The standard InChI is InChI=1S/C38H62O3/c1-3-5-7-9-11-13-15-17-19-27-33-39-37(35-29-23-21-24-30-35)41-38(36-31-25-22-26-32-36)40-34-28-20-18-16-14-12-10-8-6-4-2/h21-26,29-32,37-38H,3-20,27-28,33-34H2,1-2H3. The highest BCUT2D eigenvalue weighted by molar-refractivity contribution is 5.18. The average Bonchev–Trinajstić information content (AvgIpc) is 3.01. The summed E-state index contributed by atoms with van der Waals surface area (Å²) in [5.74, 6) is 0. The second-order valence-corrected chi connectivity index (χ2v) is 11.7. The van der Waals surface area contributed by atoms with Crippen molar-refractivity contribution in [1.82, 2.24) is 0 Å². The minimum Gasteiger partial charge on any atom is -0.348 e. The van der Waals surface area contributed by atoms with Crippen LogP contribution in [-0.4, -0.2) is 13.2 Å². The fourth-order valence-electron chi connectivity index (χ4n) is 5.32. The highest BCUT2D eigenvalue weighted by atomic mass is 16.8. The average molecular weight is 567 g/mol. The van der Waals surface area contributed by atoms with Crippen LogP contribution in [0.2, 0.25) is 0 Å². The molecule has 0 bridgehead atoms. The van der Waals surface area contributed by atoms with Crippen LogP contribution in [0.3, 0.4) is 0 Å². The molecule has 3 heteroatoms. The van der Waals surface area contributed by atoms with E-state index >= 15 is 0 Å². The number of hydrogen-bond donors (Lipinski definition) is 0. The van der Waals surface area contributed by atoms with Gasteiger partial charge in [0.15, 0.2) is 12.6 Å². The van der Waals surface area contributed by atoms with E-state index < -0.39 is 12.6 Å². The van der Waals surface area contributed by atoms with Gasteiger partial charge in [-0.25, -0.2) is 0 Å². The zero-order valence-corrected chi connectivity index (χ0v) is 26.7. The second kappa shape index (κ2) is 26.0. The predicted molar refractivity (Wildman–Crippen MR) is 175 cm³/mol. The Morgan fingerprint density at radius 1 is 0.390 bits per heavy atom. The molecule has 0 amide bonds. The molecule has 0 saturated carbocycles. The van der Waals surface area contributed by atoms with Crippen molar-refractivity contribution in [3.05, 3.63) is 71.8 Å². The molecule has 0 aromatic heterocycles. The Balaban J connectivity index is 1.75. The predicted octanol–water partition coefficient (Wildman–Crippen LogP) is 12.3. The molecular formula is C38H62O3. The molecule has 232 valence electrons. The van der Waals surface area contributed by atoms with Gasteiger partial charge in [0.2, 0.25) is 0 Å². The third-order valence-corrected chi connectivity index (χ3v) is 7.92. The Morgan fingerprint density at radius 2 is 0.683 bits per heavy atom. The van der Waals surface area contributed by atoms with E-state index in [0.29, 0.717) is 13.2 Å². The zero-order chi connectivity index (χ0) is 29.1. The lowest BCUT2D eigenvalue weighted by atomic mass is 10.1. The van der Waals surface area contributed by atoms with Crippen molar-refractivity contribution in [3.8, 4) is 0 Å². The molecule has 2 aromatic rings. The summed E-state index contributed by atoms with van der Waals surface area (Å²) in [6, 6.07) is 20.7. The zero-order valence-electron chi connectivity index (χ0n) is 26.7. The molecule has 2 rings (SSSR count). The molecule has 0 heterocycles. The summed E-state index contributed by atoms with van der Waals surface area (Å²) in [4.78, 5) is 0. The van der Waals surface area contributed by atoms with Gasteiger partial charge in [-0.2, -0.15) is 0 Å². The van der Waals surface area contributed by atoms with Crippen LogP contribution in [0.25, 0.3) is 0 Å². The van der Waals surface area contributed by atoms with Crippen LogP contribution < -0.4 is 0 Å². The van der Waals surface area contributed by atoms with Gasteiger partial charge >= 0.3 is 0 Å². The van der Waals surface area contributed by atoms with Crippen LogP contribution in [-0.2, 0) is 14.2 Å². The van der Waals surface area contributed by atoms with E-state index in [9.17, 15) is 0 Å². The second-order valence-electron chi connectivity index (χ2n) is 11.7. The van der Waals surface area contributed by atoms with E-state index in [-0.39, 0.29) is 0 Å². The summed E-state index contributed by atoms with van der Waals surface area (Å²) in [6.45, 7) is 5.97. The van der Waals surface area contributed by atoms with E-state index in [0.717, 1.165) is 24.0 Å². The summed E-state index contributed by atoms with van der Waals surface area (Å²) >= 11 is 0. The Kier molecular flexibility index (Phi) is 22.5. The summed E-state index contributed by atoms with van der Waals surface area (Å²) < 4.78 is 19.3. The van der Waals surface area contributed by atoms with Crippen molar-refractivity contribution in [2.45, 2.75) is 155 Å². The molecule has 3 nitrogen and oxygen atoms in total. The molecule has 0 saturated heterocycles. The van der Waals surface area contributed by atoms with E-state index in [1.807, 2.05) is 12.1 Å². The number of benzene rings is 2. The summed E-state index contributed by atoms with van der Waals surface area (Å²) in [6.07, 6.45) is 25.5. The van der Waals surface area contributed by atoms with Gasteiger partial charge in [-0.1, -0.05) is 190 Å². The lowest BCUT2D eigenvalue weighted by Crippen LogP contribution is -2.17. The van der Waals surface area contributed by atoms with Gasteiger partial charge in [0, 0.05) is 11.1 Å². The topological polar surface area (TPSA) is 27.7 Å². The molecule has 0 fully saturated rings. The van der Waals surface area contributed by atoms with Crippen LogP contribution in [0.4, 0.5) is 0 Å². The van der Waals surface area contributed by atoms with Crippen LogP contribution in [0, 0.1) is 0 Å². The van der Waals surface area contributed by atoms with Crippen LogP contribution in [0.15, 0.2) is 60.7 Å². The molecule has 2 atom stereocenters. The maximum Gasteiger partial charge on any atom is 0.187 e. The van der Waals surface area contributed by atoms with Gasteiger partial charge in [0.05, 0.1) is 13.2 Å². The molecule has 0 aliphatic carbocycles. The largest absolute Gasteiger partial charge is 0.348 e. The number of hydrogen-bond acceptors (Lipinski definition) is 3. The van der Waals surface area contributed by atoms with E-state index in [2.05, 4.69) is 62.4 Å². The molecule has 0 spiro atoms. The fourth-order valence-corrected chi connectivity index (χ4v) is 5.32. The monoisotopic (exact) mass is 566 g/mol. The van der Waals surface area contributed by atoms with Crippen LogP contribution in [0.1, 0.15) is 166 Å². The molecule has 41 heavy (non-hydrogen) atoms. The minimum absolute atomic E-state index is 0.437. The highest BCUT2D eigenvalue weighted by Crippen LogP contribution is 2.29. The summed E-state index contributed by atoms with van der Waals surface area (Å²) in [7, 11) is 0. The first-order chi connectivity index (χ1) is 20.3. The van der Waals surface area contributed by atoms with E-state index in [1.54, 1.807) is 0 Å². The van der Waals surface area contributed by atoms with Gasteiger partial charge in [-0.15, -0.1) is 0 Å². The summed E-state index contributed by atoms with van der Waals surface area (Å²) in [5, 5.41) is 0. The Labute approximate surface area is 253 Å². The quantitative estimate of drug-likeness (QED) is 0.0757. The van der Waals surface area contributed by atoms with Crippen molar-refractivity contribution in [2.75, 3.05) is 13.2 Å². The van der Waals surface area contributed by atoms with E-state index in [1.165, 1.54) is 116 Å². The SMILES string of the molecule is CCCCCCCCCCCCOC(OC(OCCCCCCCCCCCC)c1ccccc1)c1ccccc1. The maximum absolute atomic E-state index is 6.56. The molecule has 0 N–H and O–H groups in total. The van der Waals surface area contributed by atoms with Crippen molar-refractivity contribution in [3.63, 3.8) is 0 Å². The van der Waals surface area contributed by atoms with Gasteiger partial charge < -0.3 is 14.2 Å². The molecule has 0 aliphatic rings. The van der Waals surface area contributed by atoms with Crippen molar-refractivity contribution >= 4 is 0 Å². The first kappa shape index (κ1) is 35.5. The van der Waals surface area contributed by atoms with Crippen molar-refractivity contribution in [1.29, 1.82) is 0 Å². The van der Waals surface area contributed by atoms with E-state index in [4.69, 9.17) is 14.2 Å². The molecular weight excluding hydrogens is 504 g/mol. The molecule has 2 unspecified atom stereocenters. The Hall–Kier alpha value is -1.68. The highest BCUT2D eigenvalue weighted by Gasteiger charge is 2.21. The third kappa shape index (κ3) is 18.5. The van der Waals surface area contributed by atoms with Gasteiger partial charge in [-0.05, 0) is 12.8 Å².